The SMILES string of the molecule is [O-][S+](c1ccccc1Cl)c1ccccc1Cl. The van der Waals surface area contributed by atoms with Gasteiger partial charge in [0.1, 0.15) is 0 Å². The molecule has 0 aliphatic rings. The van der Waals surface area contributed by atoms with Crippen LogP contribution in [-0.2, 0) is 11.2 Å². The molecule has 0 unspecified atom stereocenters. The Morgan fingerprint density at radius 3 is 1.50 bits per heavy atom. The lowest BCUT2D eigenvalue weighted by molar-refractivity contribution is 0.595. The predicted molar refractivity (Wildman–Crippen MR) is 67.6 cm³/mol. The maximum Gasteiger partial charge on any atom is 0.177 e. The Bertz CT molecular complexity index is 456. The quantitative estimate of drug-likeness (QED) is 0.752. The zero-order valence-electron chi connectivity index (χ0n) is 8.19. The normalized spacial score (nSPS) is 10.8. The third-order valence-electron chi connectivity index (χ3n) is 2.07. The van der Waals surface area contributed by atoms with Crippen LogP contribution >= 0.6 is 23.2 Å². The Labute approximate surface area is 107 Å². The average molecular weight is 271 g/mol. The van der Waals surface area contributed by atoms with E-state index in [4.69, 9.17) is 23.2 Å². The molecule has 0 saturated carbocycles. The zero-order chi connectivity index (χ0) is 11.5. The fraction of sp³-hybridized carbons (Fsp3) is 0. The number of rotatable bonds is 2. The van der Waals surface area contributed by atoms with E-state index in [1.54, 1.807) is 48.5 Å². The van der Waals surface area contributed by atoms with Crippen molar-refractivity contribution in [2.45, 2.75) is 9.79 Å². The van der Waals surface area contributed by atoms with E-state index in [1.807, 2.05) is 0 Å². The van der Waals surface area contributed by atoms with Crippen molar-refractivity contribution in [3.63, 3.8) is 0 Å². The molecule has 0 aromatic heterocycles. The topological polar surface area (TPSA) is 23.1 Å². The highest BCUT2D eigenvalue weighted by Gasteiger charge is 2.20. The third-order valence-corrected chi connectivity index (χ3v) is 4.47. The van der Waals surface area contributed by atoms with Gasteiger partial charge in [0.2, 0.25) is 0 Å². The van der Waals surface area contributed by atoms with Gasteiger partial charge in [-0.25, -0.2) is 0 Å². The lowest BCUT2D eigenvalue weighted by Gasteiger charge is -2.11. The molecule has 82 valence electrons. The molecule has 0 aliphatic carbocycles. The lowest BCUT2D eigenvalue weighted by atomic mass is 10.4. The van der Waals surface area contributed by atoms with Crippen LogP contribution in [0.1, 0.15) is 0 Å². The number of hydrogen-bond acceptors (Lipinski definition) is 1. The second-order valence-corrected chi connectivity index (χ2v) is 5.36. The monoisotopic (exact) mass is 270 g/mol. The first-order chi connectivity index (χ1) is 7.70. The first-order valence-corrected chi connectivity index (χ1v) is 6.51. The van der Waals surface area contributed by atoms with Crippen molar-refractivity contribution in [1.29, 1.82) is 0 Å². The van der Waals surface area contributed by atoms with Gasteiger partial charge in [0.25, 0.3) is 0 Å². The summed E-state index contributed by atoms with van der Waals surface area (Å²) in [7, 11) is 0. The van der Waals surface area contributed by atoms with Gasteiger partial charge in [0, 0.05) is 11.2 Å². The largest absolute Gasteiger partial charge is 0.606 e. The van der Waals surface area contributed by atoms with E-state index >= 15 is 0 Å². The Hall–Kier alpha value is -0.670. The third kappa shape index (κ3) is 2.36. The van der Waals surface area contributed by atoms with Gasteiger partial charge in [-0.05, 0) is 24.3 Å². The van der Waals surface area contributed by atoms with Gasteiger partial charge in [-0.2, -0.15) is 0 Å². The van der Waals surface area contributed by atoms with Gasteiger partial charge < -0.3 is 4.55 Å². The molecular weight excluding hydrogens is 263 g/mol. The van der Waals surface area contributed by atoms with E-state index in [2.05, 4.69) is 0 Å². The predicted octanol–water partition coefficient (Wildman–Crippen LogP) is 4.16. The summed E-state index contributed by atoms with van der Waals surface area (Å²) in [6.07, 6.45) is 0. The molecule has 0 spiro atoms. The Morgan fingerprint density at radius 2 is 1.12 bits per heavy atom. The van der Waals surface area contributed by atoms with E-state index in [1.165, 1.54) is 0 Å². The van der Waals surface area contributed by atoms with E-state index in [9.17, 15) is 4.55 Å². The minimum absolute atomic E-state index is 0.487. The van der Waals surface area contributed by atoms with Gasteiger partial charge in [0.15, 0.2) is 9.79 Å². The van der Waals surface area contributed by atoms with Crippen molar-refractivity contribution < 1.29 is 4.55 Å². The highest BCUT2D eigenvalue weighted by molar-refractivity contribution is 7.91. The van der Waals surface area contributed by atoms with Crippen LogP contribution < -0.4 is 0 Å². The molecule has 16 heavy (non-hydrogen) atoms. The van der Waals surface area contributed by atoms with Crippen LogP contribution in [0.3, 0.4) is 0 Å². The van der Waals surface area contributed by atoms with Gasteiger partial charge in [-0.15, -0.1) is 0 Å². The molecule has 0 bridgehead atoms. The molecule has 4 heteroatoms. The van der Waals surface area contributed by atoms with Gasteiger partial charge >= 0.3 is 0 Å². The molecule has 0 N–H and O–H groups in total. The summed E-state index contributed by atoms with van der Waals surface area (Å²) < 4.78 is 12.2. The summed E-state index contributed by atoms with van der Waals surface area (Å²) in [6.45, 7) is 0. The fourth-order valence-electron chi connectivity index (χ4n) is 1.31. The summed E-state index contributed by atoms with van der Waals surface area (Å²) in [6, 6.07) is 14.1. The second-order valence-electron chi connectivity index (χ2n) is 3.13. The Kier molecular flexibility index (Phi) is 3.77. The van der Waals surface area contributed by atoms with E-state index in [0.29, 0.717) is 19.8 Å². The Morgan fingerprint density at radius 1 is 0.750 bits per heavy atom. The molecular formula is C12H8Cl2OS. The standard InChI is InChI=1S/C12H8Cl2OS/c13-9-5-1-3-7-11(9)16(15)12-8-4-2-6-10(12)14/h1-8H. The number of hydrogen-bond donors (Lipinski definition) is 0. The molecule has 1 nitrogen and oxygen atoms in total. The maximum atomic E-state index is 12.2. The average Bonchev–Trinajstić information content (AvgIpc) is 2.29. The Balaban J connectivity index is 2.44. The van der Waals surface area contributed by atoms with E-state index < -0.39 is 11.2 Å². The van der Waals surface area contributed by atoms with E-state index in [0.717, 1.165) is 0 Å². The molecule has 2 rings (SSSR count). The van der Waals surface area contributed by atoms with Gasteiger partial charge in [-0.3, -0.25) is 0 Å². The zero-order valence-corrected chi connectivity index (χ0v) is 10.5. The second kappa shape index (κ2) is 5.11. The van der Waals surface area contributed by atoms with Crippen LogP contribution in [0.25, 0.3) is 0 Å². The molecule has 0 radical (unpaired) electrons. The number of halogens is 2. The molecule has 0 amide bonds. The molecule has 0 atom stereocenters. The van der Waals surface area contributed by atoms with Crippen molar-refractivity contribution in [2.75, 3.05) is 0 Å². The fourth-order valence-corrected chi connectivity index (χ4v) is 3.13. The van der Waals surface area contributed by atoms with Crippen molar-refractivity contribution in [1.82, 2.24) is 0 Å². The van der Waals surface area contributed by atoms with Crippen LogP contribution in [0.5, 0.6) is 0 Å². The van der Waals surface area contributed by atoms with Crippen molar-refractivity contribution >= 4 is 34.4 Å². The first kappa shape index (κ1) is 11.8. The highest BCUT2D eigenvalue weighted by atomic mass is 35.5. The molecule has 2 aromatic rings. The minimum Gasteiger partial charge on any atom is -0.606 e. The minimum atomic E-state index is -1.33. The molecule has 0 saturated heterocycles. The maximum absolute atomic E-state index is 12.2. The van der Waals surface area contributed by atoms with Crippen molar-refractivity contribution in [3.05, 3.63) is 58.6 Å². The van der Waals surface area contributed by atoms with Crippen molar-refractivity contribution in [3.8, 4) is 0 Å². The van der Waals surface area contributed by atoms with Crippen molar-refractivity contribution in [2.24, 2.45) is 0 Å². The summed E-state index contributed by atoms with van der Waals surface area (Å²) in [5, 5.41) is 0.974. The first-order valence-electron chi connectivity index (χ1n) is 4.61. The molecule has 0 fully saturated rings. The van der Waals surface area contributed by atoms with Crippen LogP contribution in [0.15, 0.2) is 58.3 Å². The van der Waals surface area contributed by atoms with Gasteiger partial charge in [0.05, 0.1) is 10.0 Å². The summed E-state index contributed by atoms with van der Waals surface area (Å²) in [4.78, 5) is 1.16. The summed E-state index contributed by atoms with van der Waals surface area (Å²) >= 11 is 10.6. The van der Waals surface area contributed by atoms with Crippen LogP contribution in [-0.4, -0.2) is 4.55 Å². The smallest absolute Gasteiger partial charge is 0.177 e. The molecule has 0 aliphatic heterocycles. The van der Waals surface area contributed by atoms with E-state index in [-0.39, 0.29) is 0 Å². The summed E-state index contributed by atoms with van der Waals surface area (Å²) in [5.41, 5.74) is 0. The van der Waals surface area contributed by atoms with Crippen LogP contribution in [0.4, 0.5) is 0 Å². The number of benzene rings is 2. The van der Waals surface area contributed by atoms with Gasteiger partial charge in [-0.1, -0.05) is 47.5 Å². The molecule has 0 heterocycles. The van der Waals surface area contributed by atoms with Crippen LogP contribution in [0, 0.1) is 0 Å². The summed E-state index contributed by atoms with van der Waals surface area (Å²) in [5.74, 6) is 0. The highest BCUT2D eigenvalue weighted by Crippen LogP contribution is 2.30. The van der Waals surface area contributed by atoms with Crippen LogP contribution in [0.2, 0.25) is 10.0 Å². The molecule has 2 aromatic carbocycles. The lowest BCUT2D eigenvalue weighted by Crippen LogP contribution is -2.03.